The number of rotatable bonds is 6. The molecule has 5 nitrogen and oxygen atoms in total. The highest BCUT2D eigenvalue weighted by Crippen LogP contribution is 2.37. The first-order valence-corrected chi connectivity index (χ1v) is 12.6. The number of halogens is 2. The molecule has 1 aliphatic rings. The fourth-order valence-electron chi connectivity index (χ4n) is 3.65. The molecule has 0 N–H and O–H groups in total. The number of benzene rings is 3. The van der Waals surface area contributed by atoms with Gasteiger partial charge < -0.3 is 9.15 Å². The molecule has 1 aromatic heterocycles. The molecule has 5 rings (SSSR count). The Balaban J connectivity index is 1.45. The van der Waals surface area contributed by atoms with E-state index in [0.717, 1.165) is 22.6 Å². The van der Waals surface area contributed by atoms with Crippen molar-refractivity contribution in [3.63, 3.8) is 0 Å². The Morgan fingerprint density at radius 2 is 1.78 bits per heavy atom. The summed E-state index contributed by atoms with van der Waals surface area (Å²) < 4.78 is 11.2. The van der Waals surface area contributed by atoms with Crippen molar-refractivity contribution in [2.75, 3.05) is 7.11 Å². The smallest absolute Gasteiger partial charge is 0.267 e. The summed E-state index contributed by atoms with van der Waals surface area (Å²) in [6.07, 6.45) is 1.73. The van der Waals surface area contributed by atoms with Crippen molar-refractivity contribution in [2.45, 2.75) is 6.54 Å². The number of aliphatic imine (C=N–C) groups is 1. The van der Waals surface area contributed by atoms with Gasteiger partial charge in [-0.15, -0.1) is 0 Å². The minimum absolute atomic E-state index is 0.145. The van der Waals surface area contributed by atoms with Crippen LogP contribution in [-0.2, 0) is 11.3 Å². The fraction of sp³-hybridized carbons (Fsp3) is 0.0714. The van der Waals surface area contributed by atoms with Crippen molar-refractivity contribution in [3.8, 4) is 17.1 Å². The van der Waals surface area contributed by atoms with Gasteiger partial charge in [0.25, 0.3) is 5.91 Å². The number of hydrogen-bond acceptors (Lipinski definition) is 5. The minimum atomic E-state index is -0.145. The fourth-order valence-corrected chi connectivity index (χ4v) is 5.13. The first kappa shape index (κ1) is 24.3. The summed E-state index contributed by atoms with van der Waals surface area (Å²) in [4.78, 5) is 20.4. The number of furan rings is 1. The van der Waals surface area contributed by atoms with Crippen LogP contribution in [0.15, 0.2) is 99.2 Å². The van der Waals surface area contributed by atoms with Crippen molar-refractivity contribution in [3.05, 3.63) is 111 Å². The maximum Gasteiger partial charge on any atom is 0.267 e. The summed E-state index contributed by atoms with van der Waals surface area (Å²) in [7, 11) is 1.62. The van der Waals surface area contributed by atoms with E-state index in [1.807, 2.05) is 60.7 Å². The van der Waals surface area contributed by atoms with Crippen LogP contribution in [0.5, 0.6) is 5.75 Å². The van der Waals surface area contributed by atoms with Crippen LogP contribution in [0.3, 0.4) is 0 Å². The van der Waals surface area contributed by atoms with Crippen LogP contribution in [0.4, 0.5) is 5.69 Å². The molecular weight excluding hydrogens is 515 g/mol. The Hall–Kier alpha value is -3.45. The zero-order valence-electron chi connectivity index (χ0n) is 19.2. The first-order chi connectivity index (χ1) is 17.5. The van der Waals surface area contributed by atoms with Gasteiger partial charge in [0.1, 0.15) is 17.3 Å². The third kappa shape index (κ3) is 5.36. The van der Waals surface area contributed by atoms with Gasteiger partial charge in [0.05, 0.1) is 29.3 Å². The summed E-state index contributed by atoms with van der Waals surface area (Å²) in [5.74, 6) is 1.74. The molecule has 0 bridgehead atoms. The van der Waals surface area contributed by atoms with Crippen molar-refractivity contribution >= 4 is 57.8 Å². The summed E-state index contributed by atoms with van der Waals surface area (Å²) in [6.45, 7) is 0.378. The zero-order valence-corrected chi connectivity index (χ0v) is 21.5. The Labute approximate surface area is 223 Å². The van der Waals surface area contributed by atoms with Gasteiger partial charge in [-0.05, 0) is 71.9 Å². The van der Waals surface area contributed by atoms with Crippen LogP contribution in [-0.4, -0.2) is 23.1 Å². The molecule has 0 saturated carbocycles. The van der Waals surface area contributed by atoms with Crippen molar-refractivity contribution in [1.82, 2.24) is 4.90 Å². The molecule has 1 fully saturated rings. The molecule has 0 aliphatic carbocycles. The van der Waals surface area contributed by atoms with E-state index in [9.17, 15) is 4.79 Å². The normalized spacial score (nSPS) is 15.8. The lowest BCUT2D eigenvalue weighted by atomic mass is 10.2. The van der Waals surface area contributed by atoms with E-state index < -0.39 is 0 Å². The number of nitrogens with zero attached hydrogens (tertiary/aromatic N) is 2. The summed E-state index contributed by atoms with van der Waals surface area (Å²) in [6, 6.07) is 26.0. The predicted molar refractivity (Wildman–Crippen MR) is 147 cm³/mol. The average molecular weight is 535 g/mol. The van der Waals surface area contributed by atoms with E-state index in [2.05, 4.69) is 0 Å². The molecule has 3 aromatic carbocycles. The van der Waals surface area contributed by atoms with Crippen LogP contribution in [0, 0.1) is 0 Å². The van der Waals surface area contributed by atoms with Gasteiger partial charge in [-0.3, -0.25) is 9.69 Å². The molecule has 0 unspecified atom stereocenters. The quantitative estimate of drug-likeness (QED) is 0.234. The second kappa shape index (κ2) is 10.7. The number of para-hydroxylation sites is 1. The Kier molecular flexibility index (Phi) is 7.18. The average Bonchev–Trinajstić information content (AvgIpc) is 3.45. The summed E-state index contributed by atoms with van der Waals surface area (Å²) >= 11 is 13.7. The molecule has 36 heavy (non-hydrogen) atoms. The van der Waals surface area contributed by atoms with E-state index in [0.29, 0.717) is 38.2 Å². The van der Waals surface area contributed by atoms with Crippen LogP contribution in [0.1, 0.15) is 11.3 Å². The SMILES string of the molecule is COc1ccc(CN2C(=O)/C(=C/c3ccc(-c4ccc(Cl)cc4Cl)o3)SC2=Nc2ccccc2)cc1. The van der Waals surface area contributed by atoms with Gasteiger partial charge in [-0.25, -0.2) is 4.99 Å². The number of thioether (sulfide) groups is 1. The van der Waals surface area contributed by atoms with E-state index in [-0.39, 0.29) is 5.91 Å². The molecular formula is C28H20Cl2N2O3S. The summed E-state index contributed by atoms with van der Waals surface area (Å²) in [5, 5.41) is 1.64. The zero-order chi connectivity index (χ0) is 25.1. The van der Waals surface area contributed by atoms with Gasteiger partial charge in [0.15, 0.2) is 5.17 Å². The highest BCUT2D eigenvalue weighted by atomic mass is 35.5. The van der Waals surface area contributed by atoms with E-state index in [1.165, 1.54) is 11.8 Å². The van der Waals surface area contributed by atoms with Crippen LogP contribution in [0.25, 0.3) is 17.4 Å². The Morgan fingerprint density at radius 3 is 2.50 bits per heavy atom. The van der Waals surface area contributed by atoms with Crippen molar-refractivity contribution < 1.29 is 13.9 Å². The maximum atomic E-state index is 13.5. The molecule has 0 spiro atoms. The van der Waals surface area contributed by atoms with Crippen LogP contribution < -0.4 is 4.74 Å². The van der Waals surface area contributed by atoms with E-state index >= 15 is 0 Å². The van der Waals surface area contributed by atoms with Gasteiger partial charge in [-0.1, -0.05) is 53.5 Å². The van der Waals surface area contributed by atoms with Gasteiger partial charge >= 0.3 is 0 Å². The van der Waals surface area contributed by atoms with Crippen molar-refractivity contribution in [2.24, 2.45) is 4.99 Å². The van der Waals surface area contributed by atoms with E-state index in [4.69, 9.17) is 37.3 Å². The number of amides is 1. The number of hydrogen-bond donors (Lipinski definition) is 0. The van der Waals surface area contributed by atoms with Crippen LogP contribution >= 0.6 is 35.0 Å². The standard InChI is InChI=1S/C28H20Cl2N2O3S/c1-34-21-10-7-18(8-11-21)17-32-27(33)26(36-28(32)31-20-5-3-2-4-6-20)16-22-12-14-25(35-22)23-13-9-19(29)15-24(23)30/h2-16H,17H2,1H3/b26-16-,31-28?. The molecule has 180 valence electrons. The second-order valence-electron chi connectivity index (χ2n) is 7.91. The number of amidine groups is 1. The third-order valence-electron chi connectivity index (χ3n) is 5.47. The molecule has 8 heteroatoms. The lowest BCUT2D eigenvalue weighted by Crippen LogP contribution is -2.28. The molecule has 0 atom stereocenters. The highest BCUT2D eigenvalue weighted by Gasteiger charge is 2.34. The minimum Gasteiger partial charge on any atom is -0.497 e. The maximum absolute atomic E-state index is 13.5. The predicted octanol–water partition coefficient (Wildman–Crippen LogP) is 8.07. The number of carbonyl (C=O) groups is 1. The lowest BCUT2D eigenvalue weighted by Gasteiger charge is -2.16. The molecule has 2 heterocycles. The molecule has 1 aliphatic heterocycles. The highest BCUT2D eigenvalue weighted by molar-refractivity contribution is 8.18. The van der Waals surface area contributed by atoms with Gasteiger partial charge in [0.2, 0.25) is 0 Å². The topological polar surface area (TPSA) is 55.0 Å². The van der Waals surface area contributed by atoms with E-state index in [1.54, 1.807) is 42.4 Å². The molecule has 4 aromatic rings. The number of ether oxygens (including phenoxy) is 1. The largest absolute Gasteiger partial charge is 0.497 e. The molecule has 1 saturated heterocycles. The molecule has 0 radical (unpaired) electrons. The Bertz CT molecular complexity index is 1460. The summed E-state index contributed by atoms with van der Waals surface area (Å²) in [5.41, 5.74) is 2.46. The Morgan fingerprint density at radius 1 is 1.00 bits per heavy atom. The number of methoxy groups -OCH3 is 1. The van der Waals surface area contributed by atoms with Gasteiger partial charge in [-0.2, -0.15) is 0 Å². The monoisotopic (exact) mass is 534 g/mol. The van der Waals surface area contributed by atoms with Crippen molar-refractivity contribution in [1.29, 1.82) is 0 Å². The third-order valence-corrected chi connectivity index (χ3v) is 7.02. The lowest BCUT2D eigenvalue weighted by molar-refractivity contribution is -0.122. The van der Waals surface area contributed by atoms with Crippen LogP contribution in [0.2, 0.25) is 10.0 Å². The van der Waals surface area contributed by atoms with Gasteiger partial charge in [0, 0.05) is 16.7 Å². The molecule has 1 amide bonds. The first-order valence-electron chi connectivity index (χ1n) is 11.0. The number of carbonyl (C=O) groups excluding carboxylic acids is 1. The second-order valence-corrected chi connectivity index (χ2v) is 9.76.